The molecule has 2 aromatic rings. The number of anilines is 1. The van der Waals surface area contributed by atoms with Crippen LogP contribution in [-0.4, -0.2) is 36.0 Å². The zero-order chi connectivity index (χ0) is 15.6. The zero-order valence-electron chi connectivity index (χ0n) is 11.7. The molecule has 3 rings (SSSR count). The van der Waals surface area contributed by atoms with Crippen LogP contribution in [0.5, 0.6) is 0 Å². The molecule has 2 heterocycles. The molecule has 6 nitrogen and oxygen atoms in total. The number of nitrogens with zero attached hydrogens (tertiary/aromatic N) is 2. The normalized spacial score (nSPS) is 19.9. The van der Waals surface area contributed by atoms with Gasteiger partial charge in [-0.1, -0.05) is 41.7 Å². The lowest BCUT2D eigenvalue weighted by molar-refractivity contribution is -0.119. The average Bonchev–Trinajstić information content (AvgIpc) is 3.06. The summed E-state index contributed by atoms with van der Waals surface area (Å²) in [4.78, 5) is 12.0. The second kappa shape index (κ2) is 6.13. The maximum Gasteiger partial charge on any atom is 0.230 e. The molecule has 1 N–H and O–H groups in total. The second-order valence-corrected chi connectivity index (χ2v) is 8.54. The van der Waals surface area contributed by atoms with Gasteiger partial charge in [-0.25, -0.2) is 8.42 Å². The first kappa shape index (κ1) is 15.1. The summed E-state index contributed by atoms with van der Waals surface area (Å²) in [7, 11) is -3.06. The second-order valence-electron chi connectivity index (χ2n) is 5.25. The van der Waals surface area contributed by atoms with Crippen LogP contribution >= 0.6 is 11.3 Å². The lowest BCUT2D eigenvalue weighted by atomic mass is 10.1. The van der Waals surface area contributed by atoms with Crippen LogP contribution in [0, 0.1) is 5.92 Å². The minimum Gasteiger partial charge on any atom is -0.300 e. The number of hydrogen-bond acceptors (Lipinski definition) is 6. The third-order valence-electron chi connectivity index (χ3n) is 3.50. The molecule has 1 aromatic carbocycles. The molecule has 1 saturated heterocycles. The Morgan fingerprint density at radius 3 is 2.73 bits per heavy atom. The molecule has 0 saturated carbocycles. The number of rotatable bonds is 4. The van der Waals surface area contributed by atoms with Crippen molar-refractivity contribution >= 4 is 32.2 Å². The fraction of sp³-hybridized carbons (Fsp3) is 0.357. The van der Waals surface area contributed by atoms with Crippen molar-refractivity contribution in [3.05, 3.63) is 40.9 Å². The van der Waals surface area contributed by atoms with Crippen LogP contribution in [-0.2, 0) is 21.1 Å². The average molecular weight is 337 g/mol. The molecule has 1 amide bonds. The Labute approximate surface area is 132 Å². The molecule has 0 bridgehead atoms. The van der Waals surface area contributed by atoms with E-state index in [1.807, 2.05) is 30.3 Å². The van der Waals surface area contributed by atoms with Gasteiger partial charge in [0, 0.05) is 6.42 Å². The zero-order valence-corrected chi connectivity index (χ0v) is 13.4. The van der Waals surface area contributed by atoms with Crippen LogP contribution in [0.3, 0.4) is 0 Å². The SMILES string of the molecule is O=C(Nc1nnc(Cc2ccccc2)s1)C1CCS(=O)(=O)C1. The molecule has 0 radical (unpaired) electrons. The molecule has 22 heavy (non-hydrogen) atoms. The number of benzene rings is 1. The molecular weight excluding hydrogens is 322 g/mol. The van der Waals surface area contributed by atoms with E-state index in [2.05, 4.69) is 15.5 Å². The van der Waals surface area contributed by atoms with Crippen LogP contribution < -0.4 is 5.32 Å². The third kappa shape index (κ3) is 3.69. The van der Waals surface area contributed by atoms with Crippen molar-refractivity contribution in [1.82, 2.24) is 10.2 Å². The Balaban J connectivity index is 1.61. The summed E-state index contributed by atoms with van der Waals surface area (Å²) in [5.74, 6) is -0.760. The van der Waals surface area contributed by atoms with Gasteiger partial charge in [0.05, 0.1) is 17.4 Å². The molecule has 1 fully saturated rings. The predicted molar refractivity (Wildman–Crippen MR) is 84.5 cm³/mol. The molecule has 1 aliphatic heterocycles. The van der Waals surface area contributed by atoms with E-state index in [9.17, 15) is 13.2 Å². The van der Waals surface area contributed by atoms with E-state index in [0.717, 1.165) is 10.6 Å². The number of aromatic nitrogens is 2. The summed E-state index contributed by atoms with van der Waals surface area (Å²) in [6.45, 7) is 0. The van der Waals surface area contributed by atoms with Gasteiger partial charge in [0.2, 0.25) is 11.0 Å². The van der Waals surface area contributed by atoms with Gasteiger partial charge in [0.15, 0.2) is 9.84 Å². The lowest BCUT2D eigenvalue weighted by Gasteiger charge is -2.05. The molecular formula is C14H15N3O3S2. The molecule has 1 aliphatic rings. The largest absolute Gasteiger partial charge is 0.300 e. The van der Waals surface area contributed by atoms with Crippen molar-refractivity contribution in [1.29, 1.82) is 0 Å². The number of carbonyl (C=O) groups excluding carboxylic acids is 1. The molecule has 0 aliphatic carbocycles. The first-order chi connectivity index (χ1) is 10.5. The van der Waals surface area contributed by atoms with Crippen molar-refractivity contribution < 1.29 is 13.2 Å². The van der Waals surface area contributed by atoms with Gasteiger partial charge in [0.25, 0.3) is 0 Å². The quantitative estimate of drug-likeness (QED) is 0.913. The van der Waals surface area contributed by atoms with E-state index in [1.165, 1.54) is 11.3 Å². The van der Waals surface area contributed by atoms with Crippen LogP contribution in [0.15, 0.2) is 30.3 Å². The standard InChI is InChI=1S/C14H15N3O3S2/c18-13(11-6-7-22(19,20)9-11)15-14-17-16-12(21-14)8-10-4-2-1-3-5-10/h1-5,11H,6-9H2,(H,15,17,18). The molecule has 1 aromatic heterocycles. The molecule has 1 unspecified atom stereocenters. The molecule has 116 valence electrons. The summed E-state index contributed by atoms with van der Waals surface area (Å²) in [6.07, 6.45) is 1.04. The first-order valence-corrected chi connectivity index (χ1v) is 9.53. The topological polar surface area (TPSA) is 89.0 Å². The number of sulfone groups is 1. The summed E-state index contributed by atoms with van der Waals surface area (Å²) >= 11 is 1.31. The van der Waals surface area contributed by atoms with Gasteiger partial charge in [-0.15, -0.1) is 10.2 Å². The monoisotopic (exact) mass is 337 g/mol. The Morgan fingerprint density at radius 2 is 2.05 bits per heavy atom. The molecule has 8 heteroatoms. The Bertz CT molecular complexity index is 772. The lowest BCUT2D eigenvalue weighted by Crippen LogP contribution is -2.23. The maximum absolute atomic E-state index is 12.0. The Kier molecular flexibility index (Phi) is 4.21. The smallest absolute Gasteiger partial charge is 0.230 e. The van der Waals surface area contributed by atoms with Gasteiger partial charge >= 0.3 is 0 Å². The highest BCUT2D eigenvalue weighted by atomic mass is 32.2. The first-order valence-electron chi connectivity index (χ1n) is 6.89. The number of hydrogen-bond donors (Lipinski definition) is 1. The molecule has 0 spiro atoms. The molecule has 1 atom stereocenters. The predicted octanol–water partition coefficient (Wildman–Crippen LogP) is 1.50. The Morgan fingerprint density at radius 1 is 1.27 bits per heavy atom. The number of carbonyl (C=O) groups is 1. The van der Waals surface area contributed by atoms with E-state index >= 15 is 0 Å². The van der Waals surface area contributed by atoms with E-state index in [4.69, 9.17) is 0 Å². The van der Waals surface area contributed by atoms with Gasteiger partial charge in [-0.05, 0) is 12.0 Å². The van der Waals surface area contributed by atoms with Crippen molar-refractivity contribution in [2.75, 3.05) is 16.8 Å². The number of amides is 1. The van der Waals surface area contributed by atoms with Crippen molar-refractivity contribution in [3.8, 4) is 0 Å². The van der Waals surface area contributed by atoms with E-state index in [0.29, 0.717) is 18.0 Å². The summed E-state index contributed by atoms with van der Waals surface area (Å²) in [6, 6.07) is 9.87. The van der Waals surface area contributed by atoms with Crippen molar-refractivity contribution in [2.24, 2.45) is 5.92 Å². The highest BCUT2D eigenvalue weighted by Crippen LogP contribution is 2.23. The van der Waals surface area contributed by atoms with Gasteiger partial charge in [0.1, 0.15) is 5.01 Å². The Hall–Kier alpha value is -1.80. The highest BCUT2D eigenvalue weighted by molar-refractivity contribution is 7.91. The van der Waals surface area contributed by atoms with Gasteiger partial charge in [-0.2, -0.15) is 0 Å². The van der Waals surface area contributed by atoms with Gasteiger partial charge < -0.3 is 5.32 Å². The maximum atomic E-state index is 12.0. The van der Waals surface area contributed by atoms with Crippen molar-refractivity contribution in [3.63, 3.8) is 0 Å². The minimum absolute atomic E-state index is 0.0749. The van der Waals surface area contributed by atoms with Crippen LogP contribution in [0.4, 0.5) is 5.13 Å². The van der Waals surface area contributed by atoms with Crippen LogP contribution in [0.2, 0.25) is 0 Å². The van der Waals surface area contributed by atoms with E-state index < -0.39 is 15.8 Å². The summed E-state index contributed by atoms with van der Waals surface area (Å²) < 4.78 is 22.8. The summed E-state index contributed by atoms with van der Waals surface area (Å²) in [5.41, 5.74) is 1.12. The number of nitrogens with one attached hydrogen (secondary N) is 1. The van der Waals surface area contributed by atoms with Crippen molar-refractivity contribution in [2.45, 2.75) is 12.8 Å². The summed E-state index contributed by atoms with van der Waals surface area (Å²) in [5, 5.41) is 11.9. The highest BCUT2D eigenvalue weighted by Gasteiger charge is 2.33. The fourth-order valence-electron chi connectivity index (χ4n) is 2.36. The van der Waals surface area contributed by atoms with Crippen LogP contribution in [0.1, 0.15) is 17.0 Å². The van der Waals surface area contributed by atoms with E-state index in [1.54, 1.807) is 0 Å². The van der Waals surface area contributed by atoms with E-state index in [-0.39, 0.29) is 17.4 Å². The third-order valence-corrected chi connectivity index (χ3v) is 6.11. The minimum atomic E-state index is -3.06. The fourth-order valence-corrected chi connectivity index (χ4v) is 4.87. The van der Waals surface area contributed by atoms with Crippen LogP contribution in [0.25, 0.3) is 0 Å². The van der Waals surface area contributed by atoms with Gasteiger partial charge in [-0.3, -0.25) is 4.79 Å².